The Bertz CT molecular complexity index is 679. The fraction of sp³-hybridized carbons (Fsp3) is 0.333. The minimum absolute atomic E-state index is 0.0780. The SMILES string of the molecule is O=C(O)CCCc1cccs1.O=C(O)CCc1ccc(C(F)(F)F)cc1. The number of aryl methyl sites for hydroxylation is 2. The number of hydrogen-bond acceptors (Lipinski definition) is 3. The molecule has 1 aromatic heterocycles. The van der Waals surface area contributed by atoms with Crippen molar-refractivity contribution in [2.45, 2.75) is 38.3 Å². The number of carboxylic acids is 2. The van der Waals surface area contributed by atoms with Crippen LogP contribution in [0, 0.1) is 0 Å². The van der Waals surface area contributed by atoms with E-state index in [0.29, 0.717) is 5.56 Å². The van der Waals surface area contributed by atoms with Gasteiger partial charge in [0.05, 0.1) is 5.56 Å². The molecule has 0 atom stereocenters. The topological polar surface area (TPSA) is 74.6 Å². The maximum Gasteiger partial charge on any atom is 0.416 e. The van der Waals surface area contributed by atoms with Gasteiger partial charge in [-0.1, -0.05) is 18.2 Å². The molecule has 26 heavy (non-hydrogen) atoms. The second-order valence-electron chi connectivity index (χ2n) is 5.42. The van der Waals surface area contributed by atoms with E-state index in [2.05, 4.69) is 0 Å². The van der Waals surface area contributed by atoms with Crippen molar-refractivity contribution < 1.29 is 33.0 Å². The van der Waals surface area contributed by atoms with Crippen LogP contribution in [0.3, 0.4) is 0 Å². The molecule has 0 saturated carbocycles. The molecule has 1 aromatic carbocycles. The number of benzene rings is 1. The van der Waals surface area contributed by atoms with Crippen molar-refractivity contribution in [1.82, 2.24) is 0 Å². The summed E-state index contributed by atoms with van der Waals surface area (Å²) < 4.78 is 36.4. The van der Waals surface area contributed by atoms with Gasteiger partial charge >= 0.3 is 18.1 Å². The predicted molar refractivity (Wildman–Crippen MR) is 92.3 cm³/mol. The highest BCUT2D eigenvalue weighted by molar-refractivity contribution is 7.09. The van der Waals surface area contributed by atoms with Gasteiger partial charge in [0.2, 0.25) is 0 Å². The van der Waals surface area contributed by atoms with Gasteiger partial charge in [0.1, 0.15) is 0 Å². The molecule has 0 aliphatic heterocycles. The van der Waals surface area contributed by atoms with Gasteiger partial charge in [0, 0.05) is 17.7 Å². The number of aliphatic carboxylic acids is 2. The van der Waals surface area contributed by atoms with Crippen molar-refractivity contribution in [2.24, 2.45) is 0 Å². The van der Waals surface area contributed by atoms with Gasteiger partial charge in [0.25, 0.3) is 0 Å². The zero-order chi connectivity index (χ0) is 19.6. The number of carboxylic acid groups (broad SMARTS) is 2. The van der Waals surface area contributed by atoms with E-state index in [1.54, 1.807) is 11.3 Å². The summed E-state index contributed by atoms with van der Waals surface area (Å²) in [6.45, 7) is 0. The van der Waals surface area contributed by atoms with Gasteiger partial charge in [0.15, 0.2) is 0 Å². The van der Waals surface area contributed by atoms with Crippen molar-refractivity contribution in [2.75, 3.05) is 0 Å². The van der Waals surface area contributed by atoms with Crippen LogP contribution in [0.25, 0.3) is 0 Å². The summed E-state index contributed by atoms with van der Waals surface area (Å²) in [4.78, 5) is 21.6. The highest BCUT2D eigenvalue weighted by atomic mass is 32.1. The molecule has 0 aliphatic rings. The van der Waals surface area contributed by atoms with E-state index in [9.17, 15) is 22.8 Å². The van der Waals surface area contributed by atoms with Crippen molar-refractivity contribution in [3.05, 3.63) is 57.8 Å². The van der Waals surface area contributed by atoms with Crippen LogP contribution in [0.15, 0.2) is 41.8 Å². The highest BCUT2D eigenvalue weighted by Gasteiger charge is 2.29. The molecule has 0 spiro atoms. The van der Waals surface area contributed by atoms with Crippen LogP contribution in [-0.2, 0) is 28.6 Å². The van der Waals surface area contributed by atoms with E-state index < -0.39 is 23.7 Å². The Morgan fingerprint density at radius 1 is 0.923 bits per heavy atom. The molecule has 0 bridgehead atoms. The molecule has 0 radical (unpaired) electrons. The molecule has 1 heterocycles. The minimum atomic E-state index is -4.34. The lowest BCUT2D eigenvalue weighted by molar-refractivity contribution is -0.138. The first kappa shape index (κ1) is 21.7. The molecular formula is C18H19F3O4S. The van der Waals surface area contributed by atoms with Crippen LogP contribution >= 0.6 is 11.3 Å². The van der Waals surface area contributed by atoms with E-state index in [4.69, 9.17) is 10.2 Å². The summed E-state index contributed by atoms with van der Waals surface area (Å²) in [6.07, 6.45) is -2.26. The molecule has 0 unspecified atom stereocenters. The van der Waals surface area contributed by atoms with Crippen molar-refractivity contribution in [3.8, 4) is 0 Å². The average molecular weight is 388 g/mol. The Labute approximate surface area is 152 Å². The molecular weight excluding hydrogens is 369 g/mol. The monoisotopic (exact) mass is 388 g/mol. The number of rotatable bonds is 7. The van der Waals surface area contributed by atoms with E-state index >= 15 is 0 Å². The number of thiophene rings is 1. The van der Waals surface area contributed by atoms with Crippen LogP contribution in [0.4, 0.5) is 13.2 Å². The third kappa shape index (κ3) is 9.22. The summed E-state index contributed by atoms with van der Waals surface area (Å²) in [7, 11) is 0. The first-order chi connectivity index (χ1) is 12.2. The van der Waals surface area contributed by atoms with Gasteiger partial charge < -0.3 is 10.2 Å². The van der Waals surface area contributed by atoms with E-state index in [0.717, 1.165) is 25.0 Å². The first-order valence-corrected chi connectivity index (χ1v) is 8.68. The standard InChI is InChI=1S/C10H9F3O2.C8H10O2S/c11-10(12,13)8-4-1-7(2-5-8)3-6-9(14)15;9-8(10)5-1-3-7-4-2-6-11-7/h1-2,4-5H,3,6H2,(H,14,15);2,4,6H,1,3,5H2,(H,9,10). The molecule has 0 amide bonds. The lowest BCUT2D eigenvalue weighted by atomic mass is 10.1. The van der Waals surface area contributed by atoms with Crippen molar-refractivity contribution in [1.29, 1.82) is 0 Å². The van der Waals surface area contributed by atoms with Gasteiger partial charge in [-0.25, -0.2) is 0 Å². The summed E-state index contributed by atoms with van der Waals surface area (Å²) in [5.41, 5.74) is -0.132. The smallest absolute Gasteiger partial charge is 0.416 e. The lowest BCUT2D eigenvalue weighted by Gasteiger charge is -2.06. The molecule has 8 heteroatoms. The second-order valence-corrected chi connectivity index (χ2v) is 6.45. The molecule has 2 N–H and O–H groups in total. The van der Waals surface area contributed by atoms with Crippen LogP contribution in [0.5, 0.6) is 0 Å². The van der Waals surface area contributed by atoms with E-state index in [-0.39, 0.29) is 19.3 Å². The third-order valence-corrected chi connectivity index (χ3v) is 4.24. The zero-order valence-electron chi connectivity index (χ0n) is 13.8. The van der Waals surface area contributed by atoms with Crippen LogP contribution in [0.2, 0.25) is 0 Å². The van der Waals surface area contributed by atoms with Crippen LogP contribution in [-0.4, -0.2) is 22.2 Å². The minimum Gasteiger partial charge on any atom is -0.481 e. The number of carbonyl (C=O) groups is 2. The van der Waals surface area contributed by atoms with Crippen LogP contribution < -0.4 is 0 Å². The Hall–Kier alpha value is -2.35. The maximum atomic E-state index is 12.1. The first-order valence-electron chi connectivity index (χ1n) is 7.80. The summed E-state index contributed by atoms with van der Waals surface area (Å²) in [5.74, 6) is -1.67. The molecule has 4 nitrogen and oxygen atoms in total. The summed E-state index contributed by atoms with van der Waals surface area (Å²) in [6, 6.07) is 8.53. The zero-order valence-corrected chi connectivity index (χ0v) is 14.6. The van der Waals surface area contributed by atoms with Crippen molar-refractivity contribution in [3.63, 3.8) is 0 Å². The van der Waals surface area contributed by atoms with Gasteiger partial charge in [-0.2, -0.15) is 13.2 Å². The Balaban J connectivity index is 0.000000273. The number of alkyl halides is 3. The predicted octanol–water partition coefficient (Wildman–Crippen LogP) is 4.88. The maximum absolute atomic E-state index is 12.1. The number of halogens is 3. The van der Waals surface area contributed by atoms with Crippen molar-refractivity contribution >= 4 is 23.3 Å². The molecule has 0 saturated heterocycles. The fourth-order valence-electron chi connectivity index (χ4n) is 1.98. The molecule has 0 aliphatic carbocycles. The Morgan fingerprint density at radius 3 is 2.00 bits per heavy atom. The van der Waals surface area contributed by atoms with Gasteiger partial charge in [-0.15, -0.1) is 11.3 Å². The van der Waals surface area contributed by atoms with Gasteiger partial charge in [-0.3, -0.25) is 9.59 Å². The Morgan fingerprint density at radius 2 is 1.54 bits per heavy atom. The molecule has 0 fully saturated rings. The largest absolute Gasteiger partial charge is 0.481 e. The van der Waals surface area contributed by atoms with E-state index in [1.807, 2.05) is 17.5 Å². The summed E-state index contributed by atoms with van der Waals surface area (Å²) in [5, 5.41) is 18.7. The van der Waals surface area contributed by atoms with E-state index in [1.165, 1.54) is 17.0 Å². The highest BCUT2D eigenvalue weighted by Crippen LogP contribution is 2.29. The van der Waals surface area contributed by atoms with Gasteiger partial charge in [-0.05, 0) is 48.4 Å². The molecule has 2 aromatic rings. The molecule has 142 valence electrons. The number of hydrogen-bond donors (Lipinski definition) is 2. The molecule has 2 rings (SSSR count). The average Bonchev–Trinajstić information content (AvgIpc) is 3.06. The quantitative estimate of drug-likeness (QED) is 0.709. The van der Waals surface area contributed by atoms with Crippen LogP contribution in [0.1, 0.15) is 35.3 Å². The normalized spacial score (nSPS) is 10.7. The summed E-state index contributed by atoms with van der Waals surface area (Å²) >= 11 is 1.68. The fourth-order valence-corrected chi connectivity index (χ4v) is 2.73. The Kier molecular flexibility index (Phi) is 8.84. The second kappa shape index (κ2) is 10.6. The lowest BCUT2D eigenvalue weighted by Crippen LogP contribution is -2.04. The third-order valence-electron chi connectivity index (χ3n) is 3.30.